The molecule has 0 aromatic heterocycles. The largest absolute Gasteiger partial charge is 0.377 e. The molecule has 0 fully saturated rings. The predicted octanol–water partition coefficient (Wildman–Crippen LogP) is 1.29. The third-order valence-corrected chi connectivity index (χ3v) is 5.53. The SMILES string of the molecule is CCCOC(C[SiH3])C(C)(C)NC(C)(C)C(C[SiH3])OCCC. The summed E-state index contributed by atoms with van der Waals surface area (Å²) in [5.41, 5.74) is -0.0457. The zero-order valence-electron chi connectivity index (χ0n) is 15.7. The molecule has 0 spiro atoms. The highest BCUT2D eigenvalue weighted by atomic mass is 28.1. The van der Waals surface area contributed by atoms with Gasteiger partial charge < -0.3 is 14.8 Å². The van der Waals surface area contributed by atoms with Gasteiger partial charge in [-0.25, -0.2) is 0 Å². The predicted molar refractivity (Wildman–Crippen MR) is 101 cm³/mol. The van der Waals surface area contributed by atoms with Crippen molar-refractivity contribution >= 4 is 20.5 Å². The van der Waals surface area contributed by atoms with Gasteiger partial charge in [0.25, 0.3) is 0 Å². The summed E-state index contributed by atoms with van der Waals surface area (Å²) in [6.45, 7) is 15.2. The molecule has 0 saturated heterocycles. The van der Waals surface area contributed by atoms with Gasteiger partial charge in [0.1, 0.15) is 0 Å². The quantitative estimate of drug-likeness (QED) is 0.546. The number of hydrogen-bond donors (Lipinski definition) is 1. The molecule has 128 valence electrons. The second-order valence-corrected chi connectivity index (χ2v) is 8.74. The monoisotopic (exact) mass is 333 g/mol. The molecule has 0 radical (unpaired) electrons. The lowest BCUT2D eigenvalue weighted by atomic mass is 9.89. The van der Waals surface area contributed by atoms with Crippen LogP contribution in [0.5, 0.6) is 0 Å². The van der Waals surface area contributed by atoms with Gasteiger partial charge in [0.05, 0.1) is 12.2 Å². The van der Waals surface area contributed by atoms with Crippen LogP contribution in [-0.4, -0.2) is 57.0 Å². The highest BCUT2D eigenvalue weighted by molar-refractivity contribution is 6.09. The minimum absolute atomic E-state index is 0.0228. The van der Waals surface area contributed by atoms with Crippen molar-refractivity contribution in [3.63, 3.8) is 0 Å². The second kappa shape index (κ2) is 10.2. The van der Waals surface area contributed by atoms with Gasteiger partial charge in [-0.05, 0) is 52.6 Å². The molecule has 2 unspecified atom stereocenters. The summed E-state index contributed by atoms with van der Waals surface area (Å²) in [4.78, 5) is 0. The molecule has 0 aliphatic carbocycles. The summed E-state index contributed by atoms with van der Waals surface area (Å²) < 4.78 is 12.2. The first-order chi connectivity index (χ1) is 9.75. The molecule has 0 aliphatic rings. The molecule has 0 amide bonds. The molecule has 0 saturated carbocycles. The van der Waals surface area contributed by atoms with E-state index in [2.05, 4.69) is 46.9 Å². The topological polar surface area (TPSA) is 30.5 Å². The van der Waals surface area contributed by atoms with Gasteiger partial charge in [-0.1, -0.05) is 13.8 Å². The standard InChI is InChI=1S/C16H39NO2Si2/c1-7-9-18-13(11-20)15(3,4)17-16(5,6)14(12-21)19-10-8-2/h13-14,17H,7-12H2,1-6,20-21H3. The van der Waals surface area contributed by atoms with Crippen LogP contribution in [0.25, 0.3) is 0 Å². The van der Waals surface area contributed by atoms with Crippen LogP contribution in [-0.2, 0) is 9.47 Å². The third kappa shape index (κ3) is 7.41. The van der Waals surface area contributed by atoms with Crippen molar-refractivity contribution in [2.45, 2.75) is 89.8 Å². The lowest BCUT2D eigenvalue weighted by Crippen LogP contribution is -2.63. The Balaban J connectivity index is 4.83. The first-order valence-electron chi connectivity index (χ1n) is 8.77. The molecule has 0 bridgehead atoms. The highest BCUT2D eigenvalue weighted by Crippen LogP contribution is 2.24. The summed E-state index contributed by atoms with van der Waals surface area (Å²) in [7, 11) is 2.34. The van der Waals surface area contributed by atoms with Gasteiger partial charge in [-0.3, -0.25) is 0 Å². The van der Waals surface area contributed by atoms with E-state index in [1.165, 1.54) is 20.5 Å². The van der Waals surface area contributed by atoms with Crippen LogP contribution in [0.1, 0.15) is 54.4 Å². The van der Waals surface area contributed by atoms with E-state index in [0.717, 1.165) is 38.1 Å². The number of nitrogens with one attached hydrogen (secondary N) is 1. The van der Waals surface area contributed by atoms with E-state index in [-0.39, 0.29) is 11.1 Å². The van der Waals surface area contributed by atoms with Crippen LogP contribution in [0.15, 0.2) is 0 Å². The fraction of sp³-hybridized carbons (Fsp3) is 1.00. The Hall–Kier alpha value is 0.314. The van der Waals surface area contributed by atoms with Crippen LogP contribution in [0.4, 0.5) is 0 Å². The smallest absolute Gasteiger partial charge is 0.0720 e. The summed E-state index contributed by atoms with van der Waals surface area (Å²) in [6.07, 6.45) is 2.76. The molecule has 0 heterocycles. The van der Waals surface area contributed by atoms with Crippen molar-refractivity contribution in [2.75, 3.05) is 13.2 Å². The lowest BCUT2D eigenvalue weighted by Gasteiger charge is -2.45. The van der Waals surface area contributed by atoms with Gasteiger partial charge in [0.2, 0.25) is 0 Å². The Morgan fingerprint density at radius 3 is 1.38 bits per heavy atom. The summed E-state index contributed by atoms with van der Waals surface area (Å²) in [5, 5.41) is 3.85. The van der Waals surface area contributed by atoms with Crippen LogP contribution < -0.4 is 5.32 Å². The van der Waals surface area contributed by atoms with E-state index >= 15 is 0 Å². The first-order valence-corrected chi connectivity index (χ1v) is 11.6. The summed E-state index contributed by atoms with van der Waals surface area (Å²) in [6, 6.07) is 2.33. The Morgan fingerprint density at radius 2 is 1.14 bits per heavy atom. The van der Waals surface area contributed by atoms with E-state index in [1.54, 1.807) is 0 Å². The number of ether oxygens (including phenoxy) is 2. The highest BCUT2D eigenvalue weighted by Gasteiger charge is 2.38. The maximum absolute atomic E-state index is 6.09. The maximum atomic E-state index is 6.09. The molecule has 0 aromatic rings. The van der Waals surface area contributed by atoms with Crippen molar-refractivity contribution < 1.29 is 9.47 Å². The fourth-order valence-electron chi connectivity index (χ4n) is 3.18. The van der Waals surface area contributed by atoms with Crippen molar-refractivity contribution in [1.29, 1.82) is 0 Å². The van der Waals surface area contributed by atoms with Gasteiger partial charge in [0.15, 0.2) is 0 Å². The van der Waals surface area contributed by atoms with Crippen molar-refractivity contribution in [2.24, 2.45) is 0 Å². The Bertz CT molecular complexity index is 247. The fourth-order valence-corrected chi connectivity index (χ4v) is 5.70. The van der Waals surface area contributed by atoms with E-state index in [1.807, 2.05) is 0 Å². The van der Waals surface area contributed by atoms with Gasteiger partial charge in [0, 0.05) is 44.8 Å². The molecule has 3 nitrogen and oxygen atoms in total. The van der Waals surface area contributed by atoms with Crippen molar-refractivity contribution in [3.8, 4) is 0 Å². The lowest BCUT2D eigenvalue weighted by molar-refractivity contribution is -0.0356. The molecule has 0 aliphatic heterocycles. The first kappa shape index (κ1) is 21.3. The molecule has 0 aromatic carbocycles. The van der Waals surface area contributed by atoms with Gasteiger partial charge in [-0.15, -0.1) is 0 Å². The third-order valence-electron chi connectivity index (χ3n) is 4.04. The molecular weight excluding hydrogens is 294 g/mol. The van der Waals surface area contributed by atoms with Crippen LogP contribution >= 0.6 is 0 Å². The van der Waals surface area contributed by atoms with E-state index in [9.17, 15) is 0 Å². The van der Waals surface area contributed by atoms with Crippen LogP contribution in [0.3, 0.4) is 0 Å². The maximum Gasteiger partial charge on any atom is 0.0720 e. The molecule has 2 atom stereocenters. The van der Waals surface area contributed by atoms with Gasteiger partial charge >= 0.3 is 0 Å². The van der Waals surface area contributed by atoms with Gasteiger partial charge in [-0.2, -0.15) is 0 Å². The normalized spacial score (nSPS) is 16.3. The Kier molecular flexibility index (Phi) is 10.3. The van der Waals surface area contributed by atoms with E-state index in [4.69, 9.17) is 9.47 Å². The Labute approximate surface area is 138 Å². The average molecular weight is 334 g/mol. The Morgan fingerprint density at radius 1 is 0.810 bits per heavy atom. The molecule has 0 rings (SSSR count). The van der Waals surface area contributed by atoms with Crippen molar-refractivity contribution in [1.82, 2.24) is 5.32 Å². The van der Waals surface area contributed by atoms with E-state index < -0.39 is 0 Å². The van der Waals surface area contributed by atoms with Crippen LogP contribution in [0.2, 0.25) is 12.1 Å². The van der Waals surface area contributed by atoms with Crippen LogP contribution in [0, 0.1) is 0 Å². The molecule has 1 N–H and O–H groups in total. The minimum Gasteiger partial charge on any atom is -0.377 e. The summed E-state index contributed by atoms with van der Waals surface area (Å²) in [5.74, 6) is 0. The molecular formula is C16H39NO2Si2. The molecule has 5 heteroatoms. The summed E-state index contributed by atoms with van der Waals surface area (Å²) >= 11 is 0. The second-order valence-electron chi connectivity index (χ2n) is 7.10. The van der Waals surface area contributed by atoms with Crippen molar-refractivity contribution in [3.05, 3.63) is 0 Å². The zero-order chi connectivity index (χ0) is 16.5. The minimum atomic E-state index is -0.0228. The van der Waals surface area contributed by atoms with E-state index in [0.29, 0.717) is 12.2 Å². The molecule has 21 heavy (non-hydrogen) atoms. The average Bonchev–Trinajstić information content (AvgIpc) is 2.38. The zero-order valence-corrected chi connectivity index (χ0v) is 19.7. The number of rotatable bonds is 12. The number of hydrogen-bond acceptors (Lipinski definition) is 3.